The van der Waals surface area contributed by atoms with Gasteiger partial charge in [0.2, 0.25) is 5.89 Å². The van der Waals surface area contributed by atoms with E-state index in [0.29, 0.717) is 11.5 Å². The number of pyridine rings is 1. The molecule has 2 aromatic rings. The highest BCUT2D eigenvalue weighted by molar-refractivity contribution is 5.96. The van der Waals surface area contributed by atoms with Crippen LogP contribution in [-0.4, -0.2) is 15.8 Å². The van der Waals surface area contributed by atoms with E-state index in [1.165, 1.54) is 12.5 Å². The van der Waals surface area contributed by atoms with E-state index in [0.717, 1.165) is 0 Å². The van der Waals surface area contributed by atoms with Crippen molar-refractivity contribution in [3.8, 4) is 0 Å². The molecule has 0 amide bonds. The molecule has 0 N–H and O–H groups in total. The highest BCUT2D eigenvalue weighted by Crippen LogP contribution is 2.04. The molecule has 0 aliphatic heterocycles. The summed E-state index contributed by atoms with van der Waals surface area (Å²) in [5.41, 5.74) is 0.623. The van der Waals surface area contributed by atoms with Gasteiger partial charge in [-0.05, 0) is 12.1 Å². The third-order valence-corrected chi connectivity index (χ3v) is 1.80. The quantitative estimate of drug-likeness (QED) is 0.685. The second-order valence-electron chi connectivity index (χ2n) is 2.76. The molecule has 4 heteroatoms. The van der Waals surface area contributed by atoms with Crippen molar-refractivity contribution in [1.29, 1.82) is 0 Å². The summed E-state index contributed by atoms with van der Waals surface area (Å²) < 4.78 is 4.98. The van der Waals surface area contributed by atoms with E-state index in [-0.39, 0.29) is 12.2 Å². The Balaban J connectivity index is 2.11. The lowest BCUT2D eigenvalue weighted by molar-refractivity contribution is 0.0985. The van der Waals surface area contributed by atoms with Gasteiger partial charge >= 0.3 is 0 Å². The van der Waals surface area contributed by atoms with Crippen molar-refractivity contribution in [2.24, 2.45) is 0 Å². The second-order valence-corrected chi connectivity index (χ2v) is 2.76. The minimum Gasteiger partial charge on any atom is -0.449 e. The number of aromatic nitrogens is 2. The van der Waals surface area contributed by atoms with Crippen LogP contribution in [0.5, 0.6) is 0 Å². The number of ketones is 1. The molecule has 0 radical (unpaired) electrons. The number of nitrogens with zero attached hydrogens (tertiary/aromatic N) is 2. The van der Waals surface area contributed by atoms with Gasteiger partial charge in [-0.15, -0.1) is 0 Å². The topological polar surface area (TPSA) is 56.0 Å². The Hall–Kier alpha value is -1.97. The maximum Gasteiger partial charge on any atom is 0.201 e. The Kier molecular flexibility index (Phi) is 2.36. The van der Waals surface area contributed by atoms with E-state index in [1.807, 2.05) is 0 Å². The zero-order valence-corrected chi connectivity index (χ0v) is 7.38. The Labute approximate surface area is 80.6 Å². The first-order valence-corrected chi connectivity index (χ1v) is 4.18. The molecule has 0 spiro atoms. The molecule has 2 aromatic heterocycles. The number of oxazole rings is 1. The van der Waals surface area contributed by atoms with Crippen molar-refractivity contribution < 1.29 is 9.21 Å². The van der Waals surface area contributed by atoms with Crippen LogP contribution in [0.4, 0.5) is 0 Å². The van der Waals surface area contributed by atoms with Crippen LogP contribution in [0.25, 0.3) is 0 Å². The molecule has 0 fully saturated rings. The molecule has 0 saturated carbocycles. The molecule has 0 saturated heterocycles. The zero-order valence-electron chi connectivity index (χ0n) is 7.38. The zero-order chi connectivity index (χ0) is 9.80. The molecule has 0 atom stereocenters. The molecule has 14 heavy (non-hydrogen) atoms. The molecule has 2 rings (SSSR count). The van der Waals surface area contributed by atoms with Gasteiger partial charge in [-0.1, -0.05) is 0 Å². The fraction of sp³-hybridized carbons (Fsp3) is 0.100. The minimum absolute atomic E-state index is 0.0187. The van der Waals surface area contributed by atoms with Gasteiger partial charge in [0.25, 0.3) is 0 Å². The van der Waals surface area contributed by atoms with Crippen LogP contribution in [0.1, 0.15) is 16.2 Å². The summed E-state index contributed by atoms with van der Waals surface area (Å²) in [6.07, 6.45) is 6.34. The van der Waals surface area contributed by atoms with Crippen molar-refractivity contribution in [3.05, 3.63) is 48.4 Å². The third kappa shape index (κ3) is 1.85. The molecule has 70 valence electrons. The Morgan fingerprint density at radius 1 is 1.29 bits per heavy atom. The second kappa shape index (κ2) is 3.83. The van der Waals surface area contributed by atoms with Gasteiger partial charge in [-0.25, -0.2) is 4.98 Å². The van der Waals surface area contributed by atoms with Crippen molar-refractivity contribution >= 4 is 5.78 Å². The first-order valence-electron chi connectivity index (χ1n) is 4.18. The molecule has 0 bridgehead atoms. The number of hydrogen-bond donors (Lipinski definition) is 0. The fourth-order valence-corrected chi connectivity index (χ4v) is 1.12. The number of rotatable bonds is 3. The lowest BCUT2D eigenvalue weighted by Gasteiger charge is -1.96. The minimum atomic E-state index is -0.0187. The Morgan fingerprint density at radius 3 is 2.71 bits per heavy atom. The standard InChI is InChI=1S/C10H8N2O2/c13-9(7-10-12-5-6-14-10)8-1-3-11-4-2-8/h1-6H,7H2. The van der Waals surface area contributed by atoms with Crippen LogP contribution < -0.4 is 0 Å². The molecule has 0 aliphatic rings. The molecule has 0 unspecified atom stereocenters. The molecular weight excluding hydrogens is 180 g/mol. The van der Waals surface area contributed by atoms with Crippen LogP contribution in [0.2, 0.25) is 0 Å². The summed E-state index contributed by atoms with van der Waals surface area (Å²) in [4.78, 5) is 19.3. The first kappa shape index (κ1) is 8.62. The van der Waals surface area contributed by atoms with Crippen molar-refractivity contribution in [2.75, 3.05) is 0 Å². The highest BCUT2D eigenvalue weighted by Gasteiger charge is 2.08. The van der Waals surface area contributed by atoms with Gasteiger partial charge in [-0.3, -0.25) is 9.78 Å². The van der Waals surface area contributed by atoms with Crippen molar-refractivity contribution in [2.45, 2.75) is 6.42 Å². The highest BCUT2D eigenvalue weighted by atomic mass is 16.3. The monoisotopic (exact) mass is 188 g/mol. The van der Waals surface area contributed by atoms with E-state index in [4.69, 9.17) is 4.42 Å². The van der Waals surface area contributed by atoms with Crippen LogP contribution in [-0.2, 0) is 6.42 Å². The lowest BCUT2D eigenvalue weighted by Crippen LogP contribution is -2.03. The predicted molar refractivity (Wildman–Crippen MR) is 48.8 cm³/mol. The van der Waals surface area contributed by atoms with Gasteiger partial charge < -0.3 is 4.42 Å². The van der Waals surface area contributed by atoms with E-state index in [2.05, 4.69) is 9.97 Å². The number of Topliss-reactive ketones (excluding diaryl/α,β-unsaturated/α-hetero) is 1. The smallest absolute Gasteiger partial charge is 0.201 e. The maximum absolute atomic E-state index is 11.6. The van der Waals surface area contributed by atoms with Crippen molar-refractivity contribution in [3.63, 3.8) is 0 Å². The summed E-state index contributed by atoms with van der Waals surface area (Å²) in [6, 6.07) is 3.34. The van der Waals surface area contributed by atoms with E-state index >= 15 is 0 Å². The average molecular weight is 188 g/mol. The Bertz CT molecular complexity index is 409. The summed E-state index contributed by atoms with van der Waals surface area (Å²) >= 11 is 0. The van der Waals surface area contributed by atoms with Crippen molar-refractivity contribution in [1.82, 2.24) is 9.97 Å². The van der Waals surface area contributed by atoms with Gasteiger partial charge in [0.15, 0.2) is 5.78 Å². The summed E-state index contributed by atoms with van der Waals surface area (Å²) in [6.45, 7) is 0. The Morgan fingerprint density at radius 2 is 2.07 bits per heavy atom. The van der Waals surface area contributed by atoms with Crippen LogP contribution in [0, 0.1) is 0 Å². The lowest BCUT2D eigenvalue weighted by atomic mass is 10.1. The van der Waals surface area contributed by atoms with Gasteiger partial charge in [0.1, 0.15) is 6.26 Å². The third-order valence-electron chi connectivity index (χ3n) is 1.80. The van der Waals surface area contributed by atoms with E-state index < -0.39 is 0 Å². The maximum atomic E-state index is 11.6. The number of carbonyl (C=O) groups is 1. The SMILES string of the molecule is O=C(Cc1ncco1)c1ccncc1. The molecule has 0 aliphatic carbocycles. The predicted octanol–water partition coefficient (Wildman–Crippen LogP) is 1.49. The molecular formula is C10H8N2O2. The summed E-state index contributed by atoms with van der Waals surface area (Å²) in [7, 11) is 0. The molecule has 0 aromatic carbocycles. The summed E-state index contributed by atoms with van der Waals surface area (Å²) in [5.74, 6) is 0.418. The fourth-order valence-electron chi connectivity index (χ4n) is 1.12. The van der Waals surface area contributed by atoms with E-state index in [1.54, 1.807) is 24.5 Å². The molecule has 4 nitrogen and oxygen atoms in total. The van der Waals surface area contributed by atoms with Crippen LogP contribution >= 0.6 is 0 Å². The van der Waals surface area contributed by atoms with Crippen LogP contribution in [0.15, 0.2) is 41.4 Å². The summed E-state index contributed by atoms with van der Waals surface area (Å²) in [5, 5.41) is 0. The van der Waals surface area contributed by atoms with Crippen LogP contribution in [0.3, 0.4) is 0 Å². The van der Waals surface area contributed by atoms with E-state index in [9.17, 15) is 4.79 Å². The van der Waals surface area contributed by atoms with Gasteiger partial charge in [-0.2, -0.15) is 0 Å². The number of hydrogen-bond acceptors (Lipinski definition) is 4. The normalized spacial score (nSPS) is 10.0. The largest absolute Gasteiger partial charge is 0.449 e. The number of carbonyl (C=O) groups excluding carboxylic acids is 1. The van der Waals surface area contributed by atoms with Gasteiger partial charge in [0, 0.05) is 18.0 Å². The van der Waals surface area contributed by atoms with Gasteiger partial charge in [0.05, 0.1) is 12.6 Å². The molecule has 2 heterocycles. The average Bonchev–Trinajstić information content (AvgIpc) is 2.72. The first-order chi connectivity index (χ1) is 6.86.